The van der Waals surface area contributed by atoms with Gasteiger partial charge in [-0.15, -0.1) is 0 Å². The number of nitrogens with two attached hydrogens (primary N) is 2. The fourth-order valence-corrected chi connectivity index (χ4v) is 5.40. The predicted octanol–water partition coefficient (Wildman–Crippen LogP) is 3.81. The summed E-state index contributed by atoms with van der Waals surface area (Å²) in [5, 5.41) is 1.00. The third-order valence-electron chi connectivity index (χ3n) is 5.65. The number of aromatic nitrogens is 1. The number of benzene rings is 2. The second-order valence-electron chi connectivity index (χ2n) is 8.07. The maximum Gasteiger partial charge on any atom is 0.129 e. The molecule has 4 rings (SSSR count). The molecule has 0 radical (unpaired) electrons. The highest BCUT2D eigenvalue weighted by molar-refractivity contribution is 8.24. The third kappa shape index (κ3) is 3.72. The first-order valence-electron chi connectivity index (χ1n) is 9.71. The molecule has 2 heterocycles. The molecule has 154 valence electrons. The Balaban J connectivity index is 1.85. The van der Waals surface area contributed by atoms with Gasteiger partial charge in [0.2, 0.25) is 0 Å². The SMILES string of the molecule is Cc1ccc2nc(N3CCS(O)(O)c4ccccc4C3)cc(C(C)(N)CN)c2c1. The van der Waals surface area contributed by atoms with E-state index < -0.39 is 16.1 Å². The zero-order chi connectivity index (χ0) is 20.8. The topological polar surface area (TPSA) is 109 Å². The summed E-state index contributed by atoms with van der Waals surface area (Å²) in [6.45, 7) is 5.33. The Bertz CT molecular complexity index is 1070. The van der Waals surface area contributed by atoms with E-state index in [1.54, 1.807) is 0 Å². The lowest BCUT2D eigenvalue weighted by Gasteiger charge is -2.32. The molecule has 1 unspecified atom stereocenters. The van der Waals surface area contributed by atoms with Crippen LogP contribution < -0.4 is 16.4 Å². The normalized spacial score (nSPS) is 19.3. The van der Waals surface area contributed by atoms with Gasteiger partial charge in [0, 0.05) is 25.0 Å². The van der Waals surface area contributed by atoms with E-state index >= 15 is 0 Å². The molecule has 0 saturated heterocycles. The lowest BCUT2D eigenvalue weighted by Crippen LogP contribution is -2.41. The van der Waals surface area contributed by atoms with Crippen LogP contribution >= 0.6 is 10.6 Å². The molecule has 1 aromatic heterocycles. The van der Waals surface area contributed by atoms with Gasteiger partial charge in [0.25, 0.3) is 0 Å². The van der Waals surface area contributed by atoms with E-state index in [0.29, 0.717) is 24.5 Å². The molecular weight excluding hydrogens is 384 g/mol. The predicted molar refractivity (Wildman–Crippen MR) is 121 cm³/mol. The van der Waals surface area contributed by atoms with Gasteiger partial charge in [-0.05, 0) is 49.2 Å². The molecule has 1 aliphatic heterocycles. The van der Waals surface area contributed by atoms with Gasteiger partial charge in [-0.25, -0.2) is 4.98 Å². The number of hydrogen-bond acceptors (Lipinski definition) is 6. The summed E-state index contributed by atoms with van der Waals surface area (Å²) < 4.78 is 21.3. The van der Waals surface area contributed by atoms with Gasteiger partial charge in [-0.3, -0.25) is 9.11 Å². The molecule has 0 saturated carbocycles. The minimum atomic E-state index is -2.82. The van der Waals surface area contributed by atoms with Crippen molar-refractivity contribution in [2.75, 3.05) is 23.7 Å². The zero-order valence-corrected chi connectivity index (χ0v) is 17.6. The summed E-state index contributed by atoms with van der Waals surface area (Å²) in [6, 6.07) is 15.7. The first kappa shape index (κ1) is 20.1. The molecule has 0 spiro atoms. The lowest BCUT2D eigenvalue weighted by molar-refractivity contribution is 0.487. The van der Waals surface area contributed by atoms with Crippen molar-refractivity contribution in [1.82, 2.24) is 4.98 Å². The number of pyridine rings is 1. The van der Waals surface area contributed by atoms with Crippen molar-refractivity contribution in [1.29, 1.82) is 0 Å². The van der Waals surface area contributed by atoms with E-state index in [2.05, 4.69) is 11.0 Å². The van der Waals surface area contributed by atoms with E-state index in [-0.39, 0.29) is 5.75 Å². The van der Waals surface area contributed by atoms with Gasteiger partial charge in [-0.1, -0.05) is 29.8 Å². The fourth-order valence-electron chi connectivity index (χ4n) is 3.85. The summed E-state index contributed by atoms with van der Waals surface area (Å²) >= 11 is 0. The number of fused-ring (bicyclic) bond motifs is 2. The average Bonchev–Trinajstić information content (AvgIpc) is 2.83. The average molecular weight is 413 g/mol. The third-order valence-corrected chi connectivity index (χ3v) is 7.50. The number of aryl methyl sites for hydroxylation is 1. The van der Waals surface area contributed by atoms with E-state index in [1.807, 2.05) is 56.3 Å². The minimum Gasteiger partial charge on any atom is -0.351 e. The molecule has 7 heteroatoms. The smallest absolute Gasteiger partial charge is 0.129 e. The Morgan fingerprint density at radius 2 is 1.93 bits per heavy atom. The van der Waals surface area contributed by atoms with Crippen molar-refractivity contribution in [3.05, 3.63) is 65.2 Å². The van der Waals surface area contributed by atoms with Crippen molar-refractivity contribution in [2.24, 2.45) is 11.5 Å². The van der Waals surface area contributed by atoms with Crippen molar-refractivity contribution in [2.45, 2.75) is 30.8 Å². The van der Waals surface area contributed by atoms with Crippen molar-refractivity contribution < 1.29 is 9.11 Å². The molecule has 1 atom stereocenters. The Kier molecular flexibility index (Phi) is 5.04. The molecule has 0 bridgehead atoms. The second-order valence-corrected chi connectivity index (χ2v) is 10.3. The van der Waals surface area contributed by atoms with Crippen LogP contribution in [0.25, 0.3) is 10.9 Å². The van der Waals surface area contributed by atoms with E-state index in [1.165, 1.54) is 0 Å². The van der Waals surface area contributed by atoms with Gasteiger partial charge in [0.05, 0.1) is 21.7 Å². The van der Waals surface area contributed by atoms with Gasteiger partial charge >= 0.3 is 0 Å². The van der Waals surface area contributed by atoms with Crippen LogP contribution in [0.5, 0.6) is 0 Å². The standard InChI is InChI=1S/C22H28N4O2S/c1-15-7-8-19-17(11-15)18(22(2,24)14-23)12-21(25-19)26-9-10-29(27,28)20-6-4-3-5-16(20)13-26/h3-8,11-12,27-28H,9-10,13-14,23-24H2,1-2H3. The first-order valence-corrected chi connectivity index (χ1v) is 11.4. The summed E-state index contributed by atoms with van der Waals surface area (Å²) in [5.74, 6) is 1.04. The zero-order valence-electron chi connectivity index (χ0n) is 16.8. The van der Waals surface area contributed by atoms with Crippen LogP contribution in [-0.4, -0.2) is 32.9 Å². The maximum absolute atomic E-state index is 10.7. The van der Waals surface area contributed by atoms with Gasteiger partial charge in [-0.2, -0.15) is 10.6 Å². The van der Waals surface area contributed by atoms with Crippen molar-refractivity contribution >= 4 is 27.3 Å². The lowest BCUT2D eigenvalue weighted by atomic mass is 9.89. The number of rotatable bonds is 3. The van der Waals surface area contributed by atoms with Crippen LogP contribution in [0.4, 0.5) is 5.82 Å². The highest BCUT2D eigenvalue weighted by Crippen LogP contribution is 2.51. The van der Waals surface area contributed by atoms with Crippen LogP contribution in [-0.2, 0) is 12.1 Å². The molecule has 1 aliphatic rings. The number of hydrogen-bond donors (Lipinski definition) is 4. The largest absolute Gasteiger partial charge is 0.351 e. The molecule has 29 heavy (non-hydrogen) atoms. The fraction of sp³-hybridized carbons (Fsp3) is 0.318. The van der Waals surface area contributed by atoms with Crippen LogP contribution in [0.1, 0.15) is 23.6 Å². The highest BCUT2D eigenvalue weighted by atomic mass is 32.3. The van der Waals surface area contributed by atoms with E-state index in [9.17, 15) is 9.11 Å². The van der Waals surface area contributed by atoms with Crippen LogP contribution in [0.2, 0.25) is 0 Å². The van der Waals surface area contributed by atoms with Gasteiger partial charge in [0.15, 0.2) is 0 Å². The molecule has 0 amide bonds. The molecule has 6 nitrogen and oxygen atoms in total. The minimum absolute atomic E-state index is 0.268. The molecular formula is C22H28N4O2S. The van der Waals surface area contributed by atoms with Gasteiger partial charge < -0.3 is 16.4 Å². The Labute approximate surface area is 172 Å². The molecule has 3 aromatic rings. The van der Waals surface area contributed by atoms with E-state index in [0.717, 1.165) is 33.4 Å². The molecule has 0 aliphatic carbocycles. The molecule has 0 fully saturated rings. The second kappa shape index (κ2) is 7.27. The summed E-state index contributed by atoms with van der Waals surface area (Å²) in [5.41, 5.74) is 15.7. The summed E-state index contributed by atoms with van der Waals surface area (Å²) in [4.78, 5) is 7.61. The molecule has 6 N–H and O–H groups in total. The number of nitrogens with zero attached hydrogens (tertiary/aromatic N) is 2. The Morgan fingerprint density at radius 1 is 1.17 bits per heavy atom. The van der Waals surface area contributed by atoms with Crippen molar-refractivity contribution in [3.8, 4) is 0 Å². The number of anilines is 1. The Hall–Kier alpha value is -2.16. The Morgan fingerprint density at radius 3 is 2.69 bits per heavy atom. The molecule has 2 aromatic carbocycles. The summed E-state index contributed by atoms with van der Waals surface area (Å²) in [7, 11) is -2.82. The maximum atomic E-state index is 10.7. The van der Waals surface area contributed by atoms with E-state index in [4.69, 9.17) is 16.5 Å². The van der Waals surface area contributed by atoms with Crippen LogP contribution in [0.15, 0.2) is 53.4 Å². The highest BCUT2D eigenvalue weighted by Gasteiger charge is 2.28. The van der Waals surface area contributed by atoms with Crippen LogP contribution in [0.3, 0.4) is 0 Å². The van der Waals surface area contributed by atoms with Gasteiger partial charge in [0.1, 0.15) is 5.82 Å². The van der Waals surface area contributed by atoms with Crippen LogP contribution in [0, 0.1) is 6.92 Å². The monoisotopic (exact) mass is 412 g/mol. The first-order chi connectivity index (χ1) is 13.7. The summed E-state index contributed by atoms with van der Waals surface area (Å²) in [6.07, 6.45) is 0. The quantitative estimate of drug-likeness (QED) is 0.521. The van der Waals surface area contributed by atoms with Crippen molar-refractivity contribution in [3.63, 3.8) is 0 Å².